The van der Waals surface area contributed by atoms with Crippen molar-refractivity contribution in [2.45, 2.75) is 11.8 Å². The number of imide groups is 1. The van der Waals surface area contributed by atoms with Crippen LogP contribution in [0.5, 0.6) is 0 Å². The van der Waals surface area contributed by atoms with Gasteiger partial charge >= 0.3 is 0 Å². The molecule has 3 aromatic carbocycles. The standard InChI is InChI=1S/C24H21N3O5S/c1-15-4-11-19(12-5-15)33(31,32)27(3)18-9-6-16(7-10-18)22(28)25-17-8-13-20-21(14-17)24(30)26(2)23(20)29/h4-14H,1-3H3,(H,25,28). The summed E-state index contributed by atoms with van der Waals surface area (Å²) in [6.07, 6.45) is 0. The van der Waals surface area contributed by atoms with E-state index in [1.54, 1.807) is 42.5 Å². The molecule has 1 aliphatic rings. The zero-order valence-electron chi connectivity index (χ0n) is 18.2. The first kappa shape index (κ1) is 22.2. The minimum atomic E-state index is -3.74. The molecule has 0 spiro atoms. The molecule has 0 fully saturated rings. The van der Waals surface area contributed by atoms with Gasteiger partial charge in [-0.3, -0.25) is 23.6 Å². The maximum atomic E-state index is 12.9. The Morgan fingerprint density at radius 1 is 0.879 bits per heavy atom. The number of carbonyl (C=O) groups excluding carboxylic acids is 3. The van der Waals surface area contributed by atoms with Gasteiger partial charge in [0.05, 0.1) is 21.7 Å². The van der Waals surface area contributed by atoms with Crippen LogP contribution in [0.1, 0.15) is 36.6 Å². The van der Waals surface area contributed by atoms with Crippen LogP contribution < -0.4 is 9.62 Å². The van der Waals surface area contributed by atoms with E-state index in [0.29, 0.717) is 22.5 Å². The third-order valence-corrected chi connectivity index (χ3v) is 7.32. The lowest BCUT2D eigenvalue weighted by atomic mass is 10.1. The molecule has 1 heterocycles. The monoisotopic (exact) mass is 463 g/mol. The molecular weight excluding hydrogens is 442 g/mol. The van der Waals surface area contributed by atoms with Gasteiger partial charge in [0.25, 0.3) is 27.7 Å². The molecule has 9 heteroatoms. The number of aryl methyl sites for hydroxylation is 1. The van der Waals surface area contributed by atoms with E-state index in [2.05, 4.69) is 5.32 Å². The van der Waals surface area contributed by atoms with Gasteiger partial charge in [-0.15, -0.1) is 0 Å². The lowest BCUT2D eigenvalue weighted by Crippen LogP contribution is -2.26. The van der Waals surface area contributed by atoms with Crippen LogP contribution >= 0.6 is 0 Å². The summed E-state index contributed by atoms with van der Waals surface area (Å²) >= 11 is 0. The van der Waals surface area contributed by atoms with Crippen LogP contribution in [-0.2, 0) is 10.0 Å². The Balaban J connectivity index is 1.51. The fourth-order valence-corrected chi connectivity index (χ4v) is 4.67. The van der Waals surface area contributed by atoms with Crippen LogP contribution in [-0.4, -0.2) is 45.1 Å². The van der Waals surface area contributed by atoms with Crippen molar-refractivity contribution in [2.75, 3.05) is 23.7 Å². The van der Waals surface area contributed by atoms with Crippen LogP contribution in [0.25, 0.3) is 0 Å². The highest BCUT2D eigenvalue weighted by molar-refractivity contribution is 7.92. The van der Waals surface area contributed by atoms with Gasteiger partial charge in [0, 0.05) is 25.3 Å². The molecule has 1 aliphatic heterocycles. The number of hydrogen-bond donors (Lipinski definition) is 1. The Morgan fingerprint density at radius 3 is 2.12 bits per heavy atom. The van der Waals surface area contributed by atoms with Crippen LogP contribution in [0.3, 0.4) is 0 Å². The molecule has 168 valence electrons. The van der Waals surface area contributed by atoms with E-state index in [-0.39, 0.29) is 16.4 Å². The first-order chi connectivity index (χ1) is 15.6. The number of benzene rings is 3. The predicted octanol–water partition coefficient (Wildman–Crippen LogP) is 3.30. The Labute approximate surface area is 191 Å². The highest BCUT2D eigenvalue weighted by atomic mass is 32.2. The van der Waals surface area contributed by atoms with Crippen LogP contribution in [0, 0.1) is 6.92 Å². The van der Waals surface area contributed by atoms with Crippen LogP contribution in [0.4, 0.5) is 11.4 Å². The molecule has 33 heavy (non-hydrogen) atoms. The van der Waals surface area contributed by atoms with Gasteiger partial charge < -0.3 is 5.32 Å². The fraction of sp³-hybridized carbons (Fsp3) is 0.125. The molecule has 0 bridgehead atoms. The van der Waals surface area contributed by atoms with Crippen molar-refractivity contribution in [2.24, 2.45) is 0 Å². The lowest BCUT2D eigenvalue weighted by molar-refractivity contribution is 0.0692. The largest absolute Gasteiger partial charge is 0.322 e. The van der Waals surface area contributed by atoms with E-state index >= 15 is 0 Å². The number of sulfonamides is 1. The van der Waals surface area contributed by atoms with E-state index in [1.165, 1.54) is 38.4 Å². The third kappa shape index (κ3) is 3.98. The van der Waals surface area contributed by atoms with Gasteiger partial charge in [-0.05, 0) is 61.5 Å². The van der Waals surface area contributed by atoms with E-state index in [9.17, 15) is 22.8 Å². The van der Waals surface area contributed by atoms with Crippen molar-refractivity contribution in [1.82, 2.24) is 4.90 Å². The molecule has 8 nitrogen and oxygen atoms in total. The average Bonchev–Trinajstić information content (AvgIpc) is 3.02. The summed E-state index contributed by atoms with van der Waals surface area (Å²) in [7, 11) is -0.889. The molecule has 0 saturated heterocycles. The van der Waals surface area contributed by atoms with Crippen molar-refractivity contribution in [3.05, 3.63) is 89.0 Å². The summed E-state index contributed by atoms with van der Waals surface area (Å²) in [5.74, 6) is -1.24. The minimum Gasteiger partial charge on any atom is -0.322 e. The quantitative estimate of drug-likeness (QED) is 0.585. The predicted molar refractivity (Wildman–Crippen MR) is 124 cm³/mol. The van der Waals surface area contributed by atoms with Gasteiger partial charge in [0.1, 0.15) is 0 Å². The zero-order chi connectivity index (χ0) is 23.9. The number of amides is 3. The molecule has 0 unspecified atom stereocenters. The maximum Gasteiger partial charge on any atom is 0.264 e. The van der Waals surface area contributed by atoms with E-state index < -0.39 is 21.8 Å². The van der Waals surface area contributed by atoms with Gasteiger partial charge in [0.2, 0.25) is 0 Å². The average molecular weight is 464 g/mol. The first-order valence-corrected chi connectivity index (χ1v) is 11.5. The number of rotatable bonds is 5. The van der Waals surface area contributed by atoms with Crippen LogP contribution in [0.2, 0.25) is 0 Å². The molecule has 0 aliphatic carbocycles. The lowest BCUT2D eigenvalue weighted by Gasteiger charge is -2.20. The van der Waals surface area contributed by atoms with Gasteiger partial charge in [-0.25, -0.2) is 8.42 Å². The smallest absolute Gasteiger partial charge is 0.264 e. The molecule has 1 N–H and O–H groups in total. The summed E-state index contributed by atoms with van der Waals surface area (Å²) in [6, 6.07) is 17.2. The minimum absolute atomic E-state index is 0.174. The first-order valence-electron chi connectivity index (χ1n) is 10.0. The molecule has 0 atom stereocenters. The van der Waals surface area contributed by atoms with Crippen molar-refractivity contribution in [3.63, 3.8) is 0 Å². The highest BCUT2D eigenvalue weighted by Crippen LogP contribution is 2.26. The summed E-state index contributed by atoms with van der Waals surface area (Å²) < 4.78 is 26.9. The summed E-state index contributed by atoms with van der Waals surface area (Å²) in [4.78, 5) is 38.0. The molecule has 4 rings (SSSR count). The molecule has 0 radical (unpaired) electrons. The molecule has 3 amide bonds. The molecule has 0 aromatic heterocycles. The Morgan fingerprint density at radius 2 is 1.48 bits per heavy atom. The van der Waals surface area contributed by atoms with E-state index in [0.717, 1.165) is 14.8 Å². The second kappa shape index (κ2) is 8.18. The van der Waals surface area contributed by atoms with Crippen molar-refractivity contribution in [3.8, 4) is 0 Å². The number of nitrogens with one attached hydrogen (secondary N) is 1. The van der Waals surface area contributed by atoms with Crippen LogP contribution in [0.15, 0.2) is 71.6 Å². The summed E-state index contributed by atoms with van der Waals surface area (Å²) in [5, 5.41) is 2.70. The fourth-order valence-electron chi connectivity index (χ4n) is 3.47. The second-order valence-electron chi connectivity index (χ2n) is 7.72. The number of fused-ring (bicyclic) bond motifs is 1. The van der Waals surface area contributed by atoms with Gasteiger partial charge in [-0.2, -0.15) is 0 Å². The van der Waals surface area contributed by atoms with Crippen molar-refractivity contribution >= 4 is 39.1 Å². The van der Waals surface area contributed by atoms with Gasteiger partial charge in [0.15, 0.2) is 0 Å². The molecule has 3 aromatic rings. The van der Waals surface area contributed by atoms with E-state index in [4.69, 9.17) is 0 Å². The van der Waals surface area contributed by atoms with Crippen molar-refractivity contribution < 1.29 is 22.8 Å². The van der Waals surface area contributed by atoms with Gasteiger partial charge in [-0.1, -0.05) is 17.7 Å². The third-order valence-electron chi connectivity index (χ3n) is 5.52. The Bertz CT molecular complexity index is 1380. The summed E-state index contributed by atoms with van der Waals surface area (Å²) in [5.41, 5.74) is 2.56. The topological polar surface area (TPSA) is 104 Å². The molecular formula is C24H21N3O5S. The highest BCUT2D eigenvalue weighted by Gasteiger charge is 2.32. The number of nitrogens with zero attached hydrogens (tertiary/aromatic N) is 2. The SMILES string of the molecule is Cc1ccc(S(=O)(=O)N(C)c2ccc(C(=O)Nc3ccc4c(c3)C(=O)N(C)C4=O)cc2)cc1. The number of hydrogen-bond acceptors (Lipinski definition) is 5. The number of carbonyl (C=O) groups is 3. The normalized spacial score (nSPS) is 13.1. The second-order valence-corrected chi connectivity index (χ2v) is 9.69. The van der Waals surface area contributed by atoms with E-state index in [1.807, 2.05) is 6.92 Å². The zero-order valence-corrected chi connectivity index (χ0v) is 19.0. The van der Waals surface area contributed by atoms with Crippen molar-refractivity contribution in [1.29, 1.82) is 0 Å². The summed E-state index contributed by atoms with van der Waals surface area (Å²) in [6.45, 7) is 1.88. The Kier molecular flexibility index (Phi) is 5.51. The molecule has 0 saturated carbocycles. The number of anilines is 2. The maximum absolute atomic E-state index is 12.9. The Hall–Kier alpha value is -3.98.